The van der Waals surface area contributed by atoms with Crippen LogP contribution < -0.4 is 94.7 Å². The fourth-order valence-electron chi connectivity index (χ4n) is 20.0. The van der Waals surface area contributed by atoms with E-state index in [-0.39, 0.29) is 0 Å². The minimum absolute atomic E-state index is 0.416. The zero-order valence-corrected chi connectivity index (χ0v) is 82.9. The number of methoxy groups -OCH3 is 20. The van der Waals surface area contributed by atoms with Crippen molar-refractivity contribution in [2.45, 2.75) is 0 Å². The van der Waals surface area contributed by atoms with Crippen molar-refractivity contribution >= 4 is 114 Å². The Kier molecular flexibility index (Phi) is 25.3. The zero-order valence-electron chi connectivity index (χ0n) is 82.9. The number of benzene rings is 10. The molecule has 0 saturated heterocycles. The topological polar surface area (TPSA) is 299 Å². The fourth-order valence-corrected chi connectivity index (χ4v) is 20.0. The minimum atomic E-state index is 0.416. The SMILES string of the molecule is COc1cc(-c2c3nc(c(-c4cc(OC)c(OC)c(OC)c4)c4ccc([nH]4)c(-c4ccc5c(-c6c(OC)ccc7cc(-c8c9nc(c(-c%10cc(OC)c(OC)c(OC)c%10)c%10ccc([nH]%10)c(-c%10cc(OC)c(OC)c(OC)c%10)c%10nc(c(-c%11cc(OC)c(OC)c(OC)c%11)c%11ccc8[nH]%11)C=C%10)C=C9)ccc67)c(OC)ccc5c4)c4nc(c(-c5cc(OC)c(OC)c(OC)c5)c5ccc2[nH]5)C=C4)C=C3)cc(OC)c1OC. The van der Waals surface area contributed by atoms with Crippen LogP contribution in [0.1, 0.15) is 45.6 Å². The van der Waals surface area contributed by atoms with Gasteiger partial charge in [-0.3, -0.25) is 0 Å². The van der Waals surface area contributed by atoms with Crippen LogP contribution in [0.25, 0.3) is 214 Å². The van der Waals surface area contributed by atoms with Gasteiger partial charge in [0.05, 0.1) is 188 Å². The molecule has 0 aliphatic carbocycles. The lowest BCUT2D eigenvalue weighted by Crippen LogP contribution is -1.97. The van der Waals surface area contributed by atoms with Gasteiger partial charge in [-0.25, -0.2) is 19.9 Å². The number of rotatable bonds is 29. The predicted octanol–water partition coefficient (Wildman–Crippen LogP) is 25.1. The molecular weight excluding hydrogens is 1830 g/mol. The van der Waals surface area contributed by atoms with Crippen LogP contribution in [0.5, 0.6) is 115 Å². The third kappa shape index (κ3) is 16.0. The van der Waals surface area contributed by atoms with Crippen molar-refractivity contribution in [3.63, 3.8) is 0 Å². The van der Waals surface area contributed by atoms with E-state index in [0.29, 0.717) is 271 Å². The third-order valence-corrected chi connectivity index (χ3v) is 26.5. The summed E-state index contributed by atoms with van der Waals surface area (Å²) in [4.78, 5) is 38.4. The first-order valence-corrected chi connectivity index (χ1v) is 45.8. The highest BCUT2D eigenvalue weighted by Crippen LogP contribution is 2.55. The summed E-state index contributed by atoms with van der Waals surface area (Å²) < 4.78 is 122. The Morgan fingerprint density at radius 3 is 0.458 bits per heavy atom. The number of aromatic nitrogens is 8. The molecule has 0 spiro atoms. The summed E-state index contributed by atoms with van der Waals surface area (Å²) in [6.07, 6.45) is 16.1. The van der Waals surface area contributed by atoms with Gasteiger partial charge in [-0.2, -0.15) is 0 Å². The molecule has 0 amide bonds. The van der Waals surface area contributed by atoms with Crippen LogP contribution in [0, 0.1) is 0 Å². The molecule has 16 bridgehead atoms. The summed E-state index contributed by atoms with van der Waals surface area (Å²) in [5.41, 5.74) is 23.6. The number of H-pyrrole nitrogens is 4. The summed E-state index contributed by atoms with van der Waals surface area (Å²) in [6.45, 7) is 0. The first-order valence-electron chi connectivity index (χ1n) is 45.8. The van der Waals surface area contributed by atoms with Crippen molar-refractivity contribution in [2.24, 2.45) is 0 Å². The molecule has 0 fully saturated rings. The Morgan fingerprint density at radius 2 is 0.306 bits per heavy atom. The monoisotopic (exact) mass is 1930 g/mol. The van der Waals surface area contributed by atoms with Crippen LogP contribution in [0.2, 0.25) is 0 Å². The van der Waals surface area contributed by atoms with Gasteiger partial charge in [0.25, 0.3) is 0 Å². The van der Waals surface area contributed by atoms with E-state index < -0.39 is 0 Å². The van der Waals surface area contributed by atoms with Gasteiger partial charge in [-0.15, -0.1) is 0 Å². The number of ether oxygens (including phenoxy) is 20. The Balaban J connectivity index is 0.828. The highest BCUT2D eigenvalue weighted by Gasteiger charge is 2.31. The number of fused-ring (bicyclic) bond motifs is 18. The highest BCUT2D eigenvalue weighted by molar-refractivity contribution is 6.13. The molecule has 4 N–H and O–H groups in total. The second-order valence-electron chi connectivity index (χ2n) is 33.6. The van der Waals surface area contributed by atoms with E-state index >= 15 is 0 Å². The van der Waals surface area contributed by atoms with Crippen LogP contribution in [0.4, 0.5) is 0 Å². The number of nitrogens with one attached hydrogen (secondary N) is 4. The summed E-state index contributed by atoms with van der Waals surface area (Å²) in [5.74, 6) is 8.94. The smallest absolute Gasteiger partial charge is 0.203 e. The van der Waals surface area contributed by atoms with E-state index in [0.717, 1.165) is 54.9 Å². The van der Waals surface area contributed by atoms with Gasteiger partial charge in [-0.05, 0) is 260 Å². The first-order chi connectivity index (χ1) is 70.4. The first kappa shape index (κ1) is 93.6. The van der Waals surface area contributed by atoms with Crippen molar-refractivity contribution < 1.29 is 94.7 Å². The van der Waals surface area contributed by atoms with Crippen LogP contribution in [-0.2, 0) is 0 Å². The molecule has 10 heterocycles. The molecule has 4 aliphatic rings. The van der Waals surface area contributed by atoms with Gasteiger partial charge < -0.3 is 115 Å². The lowest BCUT2D eigenvalue weighted by atomic mass is 9.89. The van der Waals surface area contributed by atoms with Gasteiger partial charge in [0.15, 0.2) is 69.0 Å². The molecule has 28 heteroatoms. The standard InChI is InChI=1S/C116H102N8O20/c1-125-87-43-23-59-45-61(101-71-27-31-75(117-71)103(63-47-89(127-3)111(139-15)90(48-63)128-4)79-35-39-83(121-79)107(67-55-97(135-11)115(143-19)98(56-67)136-12)84-40-36-80(122-84)104(76-32-28-72(101)118-76)64-49-91(129-5)112(140-16)92(50-64)130-6)21-25-69(59)109(87)110-70-26-22-62(46-60(70)24-44-88(110)126-2)102-73-29-33-77(119-73)105(65-51-93(131-7)113(141-17)94(52-65)132-8)81-37-41-85(123-81)108(68-57-99(137-13)116(144-20)100(58-68)138-14)86-42-38-82(124-86)106(78-34-30-74(102)120-78)66-53-95(133-9)114(142-18)96(54-66)134-10/h21-58,117,119,122,124H,1-20H3. The van der Waals surface area contributed by atoms with Gasteiger partial charge in [0.2, 0.25) is 34.5 Å². The maximum absolute atomic E-state index is 6.55. The summed E-state index contributed by atoms with van der Waals surface area (Å²) >= 11 is 0. The van der Waals surface area contributed by atoms with E-state index in [2.05, 4.69) is 92.7 Å². The molecule has 144 heavy (non-hydrogen) atoms. The van der Waals surface area contributed by atoms with Crippen molar-refractivity contribution in [1.82, 2.24) is 39.9 Å². The number of hydrogen-bond donors (Lipinski definition) is 4. The summed E-state index contributed by atoms with van der Waals surface area (Å²) in [5, 5.41) is 3.45. The average Bonchev–Trinajstić information content (AvgIpc) is 1.34. The molecule has 6 aromatic heterocycles. The lowest BCUT2D eigenvalue weighted by Gasteiger charge is -2.19. The van der Waals surface area contributed by atoms with E-state index in [1.807, 2.05) is 158 Å². The summed E-state index contributed by atoms with van der Waals surface area (Å²) in [6, 6.07) is 60.5. The Bertz CT molecular complexity index is 7690. The number of hydrogen-bond acceptors (Lipinski definition) is 24. The number of aromatic amines is 4. The quantitative estimate of drug-likeness (QED) is 0.0339. The maximum Gasteiger partial charge on any atom is 0.203 e. The molecule has 10 aromatic carbocycles. The van der Waals surface area contributed by atoms with Gasteiger partial charge in [0.1, 0.15) is 11.5 Å². The Hall–Kier alpha value is -18.1. The molecule has 0 atom stereocenters. The molecule has 28 nitrogen and oxygen atoms in total. The van der Waals surface area contributed by atoms with Crippen molar-refractivity contribution in [1.29, 1.82) is 0 Å². The molecule has 4 aliphatic heterocycles. The summed E-state index contributed by atoms with van der Waals surface area (Å²) in [7, 11) is 32.0. The van der Waals surface area contributed by atoms with Crippen LogP contribution in [0.3, 0.4) is 0 Å². The maximum atomic E-state index is 6.55. The molecule has 0 radical (unpaired) electrons. The van der Waals surface area contributed by atoms with E-state index in [9.17, 15) is 0 Å². The van der Waals surface area contributed by atoms with Gasteiger partial charge in [-0.1, -0.05) is 36.4 Å². The second kappa shape index (κ2) is 39.0. The fraction of sp³-hybridized carbons (Fsp3) is 0.172. The van der Waals surface area contributed by atoms with Crippen molar-refractivity contribution in [3.05, 3.63) is 228 Å². The largest absolute Gasteiger partial charge is 0.496 e. The zero-order chi connectivity index (χ0) is 100. The van der Waals surface area contributed by atoms with Crippen LogP contribution in [0.15, 0.2) is 182 Å². The lowest BCUT2D eigenvalue weighted by molar-refractivity contribution is 0.324. The Labute approximate surface area is 829 Å². The minimum Gasteiger partial charge on any atom is -0.496 e. The van der Waals surface area contributed by atoms with Crippen molar-refractivity contribution in [2.75, 3.05) is 142 Å². The van der Waals surface area contributed by atoms with Crippen LogP contribution in [-0.4, -0.2) is 182 Å². The van der Waals surface area contributed by atoms with E-state index in [4.69, 9.17) is 115 Å². The second-order valence-corrected chi connectivity index (χ2v) is 33.6. The average molecular weight is 1930 g/mol. The molecular formula is C116H102N8O20. The number of nitrogens with zero attached hydrogens (tertiary/aromatic N) is 4. The molecule has 0 saturated carbocycles. The van der Waals surface area contributed by atoms with Gasteiger partial charge in [0, 0.05) is 99.8 Å². The predicted molar refractivity (Wildman–Crippen MR) is 566 cm³/mol. The molecule has 16 aromatic rings. The van der Waals surface area contributed by atoms with Gasteiger partial charge >= 0.3 is 0 Å². The van der Waals surface area contributed by atoms with E-state index in [1.165, 1.54) is 0 Å². The third-order valence-electron chi connectivity index (χ3n) is 26.5. The Morgan fingerprint density at radius 1 is 0.146 bits per heavy atom. The highest BCUT2D eigenvalue weighted by atomic mass is 16.6. The van der Waals surface area contributed by atoms with E-state index in [1.54, 1.807) is 142 Å². The van der Waals surface area contributed by atoms with Crippen LogP contribution >= 0.6 is 0 Å². The molecule has 20 rings (SSSR count). The molecule has 0 unspecified atom stereocenters. The van der Waals surface area contributed by atoms with Crippen molar-refractivity contribution in [3.8, 4) is 215 Å². The normalized spacial score (nSPS) is 11.8. The molecule has 726 valence electrons.